The SMILES string of the molecule is CC(C)c1nc(CNCC(C)(C)C(O)C(C)C)cs1. The summed E-state index contributed by atoms with van der Waals surface area (Å²) in [5, 5.41) is 16.9. The predicted molar refractivity (Wildman–Crippen MR) is 82.5 cm³/mol. The highest BCUT2D eigenvalue weighted by Gasteiger charge is 2.29. The Balaban J connectivity index is 2.45. The van der Waals surface area contributed by atoms with Crippen LogP contribution in [-0.4, -0.2) is 22.7 Å². The first kappa shape index (κ1) is 16.6. The molecule has 0 fully saturated rings. The van der Waals surface area contributed by atoms with E-state index in [1.54, 1.807) is 11.3 Å². The van der Waals surface area contributed by atoms with Gasteiger partial charge in [0.15, 0.2) is 0 Å². The summed E-state index contributed by atoms with van der Waals surface area (Å²) in [6, 6.07) is 0. The third kappa shape index (κ3) is 4.86. The van der Waals surface area contributed by atoms with E-state index in [-0.39, 0.29) is 17.4 Å². The molecule has 2 N–H and O–H groups in total. The Morgan fingerprint density at radius 3 is 2.42 bits per heavy atom. The van der Waals surface area contributed by atoms with Gasteiger partial charge in [0.2, 0.25) is 0 Å². The molecule has 0 spiro atoms. The third-order valence-corrected chi connectivity index (χ3v) is 4.58. The van der Waals surface area contributed by atoms with Gasteiger partial charge in [-0.3, -0.25) is 0 Å². The molecule has 1 rings (SSSR count). The normalized spacial score (nSPS) is 14.4. The van der Waals surface area contributed by atoms with Crippen molar-refractivity contribution in [2.75, 3.05) is 6.54 Å². The molecule has 1 atom stereocenters. The summed E-state index contributed by atoms with van der Waals surface area (Å²) in [7, 11) is 0. The number of aliphatic hydroxyl groups is 1. The highest BCUT2D eigenvalue weighted by molar-refractivity contribution is 7.09. The van der Waals surface area contributed by atoms with Crippen molar-refractivity contribution in [3.05, 3.63) is 16.1 Å². The molecule has 0 amide bonds. The second kappa shape index (κ2) is 6.82. The van der Waals surface area contributed by atoms with Gasteiger partial charge in [-0.1, -0.05) is 41.5 Å². The van der Waals surface area contributed by atoms with Crippen molar-refractivity contribution >= 4 is 11.3 Å². The van der Waals surface area contributed by atoms with Gasteiger partial charge in [-0.25, -0.2) is 4.98 Å². The van der Waals surface area contributed by atoms with Crippen molar-refractivity contribution in [1.29, 1.82) is 0 Å². The summed E-state index contributed by atoms with van der Waals surface area (Å²) in [5.41, 5.74) is 0.981. The lowest BCUT2D eigenvalue weighted by molar-refractivity contribution is 0.0134. The summed E-state index contributed by atoms with van der Waals surface area (Å²) < 4.78 is 0. The van der Waals surface area contributed by atoms with Gasteiger partial charge < -0.3 is 10.4 Å². The van der Waals surface area contributed by atoms with Crippen LogP contribution < -0.4 is 5.32 Å². The molecule has 0 aliphatic carbocycles. The van der Waals surface area contributed by atoms with Crippen LogP contribution >= 0.6 is 11.3 Å². The van der Waals surface area contributed by atoms with E-state index < -0.39 is 0 Å². The Labute approximate surface area is 121 Å². The van der Waals surface area contributed by atoms with Crippen LogP contribution in [0, 0.1) is 11.3 Å². The number of aromatic nitrogens is 1. The van der Waals surface area contributed by atoms with E-state index in [9.17, 15) is 5.11 Å². The van der Waals surface area contributed by atoms with E-state index in [1.807, 2.05) is 0 Å². The van der Waals surface area contributed by atoms with Crippen molar-refractivity contribution in [3.63, 3.8) is 0 Å². The van der Waals surface area contributed by atoms with Gasteiger partial charge in [0.25, 0.3) is 0 Å². The molecule has 0 saturated heterocycles. The monoisotopic (exact) mass is 284 g/mol. The van der Waals surface area contributed by atoms with Crippen LogP contribution in [0.4, 0.5) is 0 Å². The second-order valence-electron chi connectivity index (χ2n) is 6.61. The fourth-order valence-electron chi connectivity index (χ4n) is 2.19. The number of hydrogen-bond donors (Lipinski definition) is 2. The zero-order chi connectivity index (χ0) is 14.6. The zero-order valence-corrected chi connectivity index (χ0v) is 13.8. The lowest BCUT2D eigenvalue weighted by atomic mass is 9.81. The number of aliphatic hydroxyl groups excluding tert-OH is 1. The lowest BCUT2D eigenvalue weighted by Crippen LogP contribution is -2.41. The quantitative estimate of drug-likeness (QED) is 0.806. The fourth-order valence-corrected chi connectivity index (χ4v) is 3.02. The molecule has 0 radical (unpaired) electrons. The Kier molecular flexibility index (Phi) is 5.96. The highest BCUT2D eigenvalue weighted by Crippen LogP contribution is 2.25. The predicted octanol–water partition coefficient (Wildman–Crippen LogP) is 3.40. The van der Waals surface area contributed by atoms with Crippen LogP contribution in [0.1, 0.15) is 58.2 Å². The third-order valence-electron chi connectivity index (χ3n) is 3.38. The largest absolute Gasteiger partial charge is 0.392 e. The number of nitrogens with one attached hydrogen (secondary N) is 1. The molecule has 0 saturated carbocycles. The maximum atomic E-state index is 10.2. The van der Waals surface area contributed by atoms with Crippen molar-refractivity contribution in [1.82, 2.24) is 10.3 Å². The first-order chi connectivity index (χ1) is 8.74. The molecule has 1 aromatic heterocycles. The Morgan fingerprint density at radius 1 is 1.32 bits per heavy atom. The van der Waals surface area contributed by atoms with E-state index in [1.165, 1.54) is 5.01 Å². The summed E-state index contributed by atoms with van der Waals surface area (Å²) in [4.78, 5) is 4.60. The maximum Gasteiger partial charge on any atom is 0.0954 e. The Hall–Kier alpha value is -0.450. The number of thiazole rings is 1. The van der Waals surface area contributed by atoms with Gasteiger partial charge in [-0.05, 0) is 5.92 Å². The maximum absolute atomic E-state index is 10.2. The summed E-state index contributed by atoms with van der Waals surface area (Å²) in [5.74, 6) is 0.779. The minimum absolute atomic E-state index is 0.120. The van der Waals surface area contributed by atoms with Crippen LogP contribution in [0.3, 0.4) is 0 Å². The average molecular weight is 284 g/mol. The van der Waals surface area contributed by atoms with Gasteiger partial charge in [-0.2, -0.15) is 0 Å². The molecule has 1 unspecified atom stereocenters. The molecule has 4 heteroatoms. The van der Waals surface area contributed by atoms with E-state index in [0.717, 1.165) is 18.8 Å². The second-order valence-corrected chi connectivity index (χ2v) is 7.50. The summed E-state index contributed by atoms with van der Waals surface area (Å²) in [6.07, 6.45) is -0.290. The smallest absolute Gasteiger partial charge is 0.0954 e. The van der Waals surface area contributed by atoms with Crippen molar-refractivity contribution in [2.24, 2.45) is 11.3 Å². The van der Waals surface area contributed by atoms with Crippen molar-refractivity contribution in [3.8, 4) is 0 Å². The molecule has 0 bridgehead atoms. The van der Waals surface area contributed by atoms with Gasteiger partial charge in [0.05, 0.1) is 16.8 Å². The molecule has 110 valence electrons. The standard InChI is InChI=1S/C15H28N2OS/c1-10(2)13(18)15(5,6)9-16-7-12-8-19-14(17-12)11(3)4/h8,10-11,13,16,18H,7,9H2,1-6H3. The van der Waals surface area contributed by atoms with Crippen LogP contribution in [0.25, 0.3) is 0 Å². The Morgan fingerprint density at radius 2 is 1.95 bits per heavy atom. The number of rotatable bonds is 7. The van der Waals surface area contributed by atoms with Crippen molar-refractivity contribution in [2.45, 2.75) is 60.1 Å². The van der Waals surface area contributed by atoms with E-state index in [0.29, 0.717) is 5.92 Å². The van der Waals surface area contributed by atoms with Crippen LogP contribution in [-0.2, 0) is 6.54 Å². The Bertz CT molecular complexity index is 385. The average Bonchev–Trinajstić information content (AvgIpc) is 2.76. The minimum Gasteiger partial charge on any atom is -0.392 e. The molecule has 0 aliphatic rings. The topological polar surface area (TPSA) is 45.2 Å². The molecule has 19 heavy (non-hydrogen) atoms. The molecule has 0 aliphatic heterocycles. The molecule has 3 nitrogen and oxygen atoms in total. The van der Waals surface area contributed by atoms with Gasteiger partial charge in [0.1, 0.15) is 0 Å². The van der Waals surface area contributed by atoms with Gasteiger partial charge in [-0.15, -0.1) is 11.3 Å². The van der Waals surface area contributed by atoms with Crippen LogP contribution in [0.2, 0.25) is 0 Å². The molecular weight excluding hydrogens is 256 g/mol. The summed E-state index contributed by atoms with van der Waals surface area (Å²) in [6.45, 7) is 14.2. The molecule has 0 aromatic carbocycles. The van der Waals surface area contributed by atoms with Crippen LogP contribution in [0.5, 0.6) is 0 Å². The molecular formula is C15H28N2OS. The minimum atomic E-state index is -0.290. The van der Waals surface area contributed by atoms with Crippen LogP contribution in [0.15, 0.2) is 5.38 Å². The zero-order valence-electron chi connectivity index (χ0n) is 13.0. The highest BCUT2D eigenvalue weighted by atomic mass is 32.1. The number of hydrogen-bond acceptors (Lipinski definition) is 4. The van der Waals surface area contributed by atoms with E-state index in [2.05, 4.69) is 57.2 Å². The lowest BCUT2D eigenvalue weighted by Gasteiger charge is -2.33. The van der Waals surface area contributed by atoms with Gasteiger partial charge in [0, 0.05) is 29.8 Å². The first-order valence-corrected chi connectivity index (χ1v) is 7.95. The van der Waals surface area contributed by atoms with Gasteiger partial charge >= 0.3 is 0 Å². The van der Waals surface area contributed by atoms with Crippen molar-refractivity contribution < 1.29 is 5.11 Å². The molecule has 1 aromatic rings. The number of nitrogens with zero attached hydrogens (tertiary/aromatic N) is 1. The summed E-state index contributed by atoms with van der Waals surface area (Å²) >= 11 is 1.73. The van der Waals surface area contributed by atoms with E-state index in [4.69, 9.17) is 0 Å². The fraction of sp³-hybridized carbons (Fsp3) is 0.800. The van der Waals surface area contributed by atoms with E-state index >= 15 is 0 Å². The molecule has 1 heterocycles. The first-order valence-electron chi connectivity index (χ1n) is 7.07.